The van der Waals surface area contributed by atoms with E-state index in [1.165, 1.54) is 0 Å². The number of carbonyl (C=O) groups excluding carboxylic acids is 1. The summed E-state index contributed by atoms with van der Waals surface area (Å²) in [5.41, 5.74) is 5.35. The number of anilines is 1. The molecule has 0 bridgehead atoms. The van der Waals surface area contributed by atoms with Crippen molar-refractivity contribution >= 4 is 22.6 Å². The topological polar surface area (TPSA) is 64.1 Å². The Kier molecular flexibility index (Phi) is 4.97. The molecule has 28 heavy (non-hydrogen) atoms. The lowest BCUT2D eigenvalue weighted by Gasteiger charge is -2.08. The summed E-state index contributed by atoms with van der Waals surface area (Å²) < 4.78 is 5.58. The fourth-order valence-electron chi connectivity index (χ4n) is 2.80. The smallest absolute Gasteiger partial charge is 0.262 e. The number of benzene rings is 3. The first-order chi connectivity index (χ1) is 13.7. The van der Waals surface area contributed by atoms with Crippen LogP contribution in [-0.4, -0.2) is 22.5 Å². The molecule has 5 nitrogen and oxygen atoms in total. The first-order valence-corrected chi connectivity index (χ1v) is 8.99. The molecule has 0 atom stereocenters. The lowest BCUT2D eigenvalue weighted by atomic mass is 10.1. The van der Waals surface area contributed by atoms with E-state index in [9.17, 15) is 4.79 Å². The Morgan fingerprint density at radius 3 is 2.39 bits per heavy atom. The monoisotopic (exact) mass is 369 g/mol. The molecule has 5 heteroatoms. The van der Waals surface area contributed by atoms with Gasteiger partial charge in [0.15, 0.2) is 6.61 Å². The molecular formula is C23H19N3O2. The summed E-state index contributed by atoms with van der Waals surface area (Å²) in [5, 5.41) is 2.81. The number of rotatable bonds is 5. The van der Waals surface area contributed by atoms with E-state index in [4.69, 9.17) is 4.74 Å². The van der Waals surface area contributed by atoms with Crippen molar-refractivity contribution < 1.29 is 9.53 Å². The number of fused-ring (bicyclic) bond motifs is 1. The van der Waals surface area contributed by atoms with E-state index in [-0.39, 0.29) is 12.5 Å². The zero-order chi connectivity index (χ0) is 19.3. The summed E-state index contributed by atoms with van der Waals surface area (Å²) in [5.74, 6) is 0.421. The quantitative estimate of drug-likeness (QED) is 0.557. The van der Waals surface area contributed by atoms with Crippen LogP contribution in [0, 0.1) is 6.92 Å². The lowest BCUT2D eigenvalue weighted by molar-refractivity contribution is -0.118. The van der Waals surface area contributed by atoms with E-state index < -0.39 is 0 Å². The van der Waals surface area contributed by atoms with Gasteiger partial charge in [-0.05, 0) is 55.5 Å². The van der Waals surface area contributed by atoms with Gasteiger partial charge >= 0.3 is 0 Å². The molecule has 0 aliphatic carbocycles. The van der Waals surface area contributed by atoms with E-state index in [0.29, 0.717) is 5.75 Å². The third kappa shape index (κ3) is 4.15. The molecule has 0 fully saturated rings. The summed E-state index contributed by atoms with van der Waals surface area (Å²) in [7, 11) is 0. The van der Waals surface area contributed by atoms with Gasteiger partial charge in [-0.25, -0.2) is 4.98 Å². The summed E-state index contributed by atoms with van der Waals surface area (Å²) in [6, 6.07) is 22.9. The van der Waals surface area contributed by atoms with Crippen LogP contribution in [0.4, 0.5) is 5.69 Å². The van der Waals surface area contributed by atoms with Crippen molar-refractivity contribution in [3.63, 3.8) is 0 Å². The van der Waals surface area contributed by atoms with Crippen molar-refractivity contribution in [1.82, 2.24) is 9.97 Å². The SMILES string of the molecule is Cc1ccc(NC(=O)COc2ccc(-c3cnc4ccccc4n3)cc2)cc1. The van der Waals surface area contributed by atoms with Gasteiger partial charge in [-0.2, -0.15) is 0 Å². The Morgan fingerprint density at radius 1 is 0.929 bits per heavy atom. The van der Waals surface area contributed by atoms with Crippen LogP contribution in [-0.2, 0) is 4.79 Å². The van der Waals surface area contributed by atoms with Gasteiger partial charge in [0.05, 0.1) is 22.9 Å². The first kappa shape index (κ1) is 17.7. The van der Waals surface area contributed by atoms with Crippen molar-refractivity contribution in [2.45, 2.75) is 6.92 Å². The van der Waals surface area contributed by atoms with Crippen LogP contribution in [0.2, 0.25) is 0 Å². The number of aryl methyl sites for hydroxylation is 1. The highest BCUT2D eigenvalue weighted by molar-refractivity contribution is 5.91. The molecule has 0 spiro atoms. The molecule has 1 heterocycles. The molecule has 4 aromatic rings. The van der Waals surface area contributed by atoms with Crippen LogP contribution in [0.5, 0.6) is 5.75 Å². The summed E-state index contributed by atoms with van der Waals surface area (Å²) in [6.07, 6.45) is 1.76. The minimum Gasteiger partial charge on any atom is -0.484 e. The van der Waals surface area contributed by atoms with Crippen molar-refractivity contribution in [3.8, 4) is 17.0 Å². The summed E-state index contributed by atoms with van der Waals surface area (Å²) in [4.78, 5) is 21.1. The fourth-order valence-corrected chi connectivity index (χ4v) is 2.80. The highest BCUT2D eigenvalue weighted by atomic mass is 16.5. The average Bonchev–Trinajstić information content (AvgIpc) is 2.74. The molecule has 0 saturated heterocycles. The van der Waals surface area contributed by atoms with Crippen molar-refractivity contribution in [2.24, 2.45) is 0 Å². The molecule has 0 unspecified atom stereocenters. The molecular weight excluding hydrogens is 350 g/mol. The number of nitrogens with one attached hydrogen (secondary N) is 1. The third-order valence-electron chi connectivity index (χ3n) is 4.30. The number of para-hydroxylation sites is 2. The standard InChI is InChI=1S/C23H19N3O2/c1-16-6-10-18(11-7-16)25-23(27)15-28-19-12-8-17(9-13-19)22-14-24-20-4-2-3-5-21(20)26-22/h2-14H,15H2,1H3,(H,25,27). The van der Waals surface area contributed by atoms with Gasteiger partial charge in [-0.3, -0.25) is 9.78 Å². The van der Waals surface area contributed by atoms with E-state index >= 15 is 0 Å². The first-order valence-electron chi connectivity index (χ1n) is 8.99. The molecule has 0 aliphatic heterocycles. The van der Waals surface area contributed by atoms with Gasteiger partial charge in [-0.15, -0.1) is 0 Å². The van der Waals surface area contributed by atoms with Crippen LogP contribution >= 0.6 is 0 Å². The van der Waals surface area contributed by atoms with Crippen LogP contribution in [0.1, 0.15) is 5.56 Å². The second-order valence-electron chi connectivity index (χ2n) is 6.47. The summed E-state index contributed by atoms with van der Waals surface area (Å²) >= 11 is 0. The second-order valence-corrected chi connectivity index (χ2v) is 6.47. The Balaban J connectivity index is 1.38. The van der Waals surface area contributed by atoms with E-state index in [2.05, 4.69) is 15.3 Å². The lowest BCUT2D eigenvalue weighted by Crippen LogP contribution is -2.20. The summed E-state index contributed by atoms with van der Waals surface area (Å²) in [6.45, 7) is 1.95. The highest BCUT2D eigenvalue weighted by Gasteiger charge is 2.06. The van der Waals surface area contributed by atoms with Crippen LogP contribution in [0.15, 0.2) is 79.0 Å². The Labute approximate surface area is 163 Å². The number of carbonyl (C=O) groups is 1. The predicted molar refractivity (Wildman–Crippen MR) is 110 cm³/mol. The van der Waals surface area contributed by atoms with Crippen LogP contribution < -0.4 is 10.1 Å². The van der Waals surface area contributed by atoms with Crippen LogP contribution in [0.3, 0.4) is 0 Å². The number of nitrogens with zero attached hydrogens (tertiary/aromatic N) is 2. The number of hydrogen-bond donors (Lipinski definition) is 1. The third-order valence-corrected chi connectivity index (χ3v) is 4.30. The maximum atomic E-state index is 12.0. The van der Waals surface area contributed by atoms with Crippen molar-refractivity contribution in [1.29, 1.82) is 0 Å². The number of hydrogen-bond acceptors (Lipinski definition) is 4. The Morgan fingerprint density at radius 2 is 1.64 bits per heavy atom. The van der Waals surface area contributed by atoms with Gasteiger partial charge in [-0.1, -0.05) is 29.8 Å². The van der Waals surface area contributed by atoms with Crippen LogP contribution in [0.25, 0.3) is 22.3 Å². The minimum atomic E-state index is -0.201. The van der Waals surface area contributed by atoms with Gasteiger partial charge < -0.3 is 10.1 Å². The molecule has 0 radical (unpaired) electrons. The Hall–Kier alpha value is -3.73. The maximum absolute atomic E-state index is 12.0. The van der Waals surface area contributed by atoms with Crippen molar-refractivity contribution in [2.75, 3.05) is 11.9 Å². The molecule has 1 aromatic heterocycles. The maximum Gasteiger partial charge on any atom is 0.262 e. The zero-order valence-electron chi connectivity index (χ0n) is 15.4. The number of ether oxygens (including phenoxy) is 1. The van der Waals surface area contributed by atoms with E-state index in [1.54, 1.807) is 6.20 Å². The van der Waals surface area contributed by atoms with Crippen molar-refractivity contribution in [3.05, 3.63) is 84.6 Å². The molecule has 138 valence electrons. The van der Waals surface area contributed by atoms with E-state index in [0.717, 1.165) is 33.5 Å². The molecule has 0 saturated carbocycles. The molecule has 1 N–H and O–H groups in total. The van der Waals surface area contributed by atoms with Gasteiger partial charge in [0, 0.05) is 11.3 Å². The van der Waals surface area contributed by atoms with Gasteiger partial charge in [0.25, 0.3) is 5.91 Å². The average molecular weight is 369 g/mol. The second kappa shape index (κ2) is 7.88. The molecule has 1 amide bonds. The molecule has 4 rings (SSSR count). The predicted octanol–water partition coefficient (Wildman–Crippen LogP) is 4.62. The normalized spacial score (nSPS) is 10.6. The highest BCUT2D eigenvalue weighted by Crippen LogP contribution is 2.22. The number of amides is 1. The van der Waals surface area contributed by atoms with E-state index in [1.807, 2.05) is 79.7 Å². The molecule has 3 aromatic carbocycles. The zero-order valence-corrected chi connectivity index (χ0v) is 15.4. The van der Waals surface area contributed by atoms with Gasteiger partial charge in [0.2, 0.25) is 0 Å². The minimum absolute atomic E-state index is 0.0526. The largest absolute Gasteiger partial charge is 0.484 e. The Bertz CT molecular complexity index is 1110. The molecule has 0 aliphatic rings. The number of aromatic nitrogens is 2. The fraction of sp³-hybridized carbons (Fsp3) is 0.0870. The van der Waals surface area contributed by atoms with Gasteiger partial charge in [0.1, 0.15) is 5.75 Å².